The van der Waals surface area contributed by atoms with Crippen molar-refractivity contribution in [2.45, 2.75) is 49.6 Å². The molecule has 2 fully saturated rings. The second kappa shape index (κ2) is 11.7. The van der Waals surface area contributed by atoms with E-state index < -0.39 is 29.0 Å². The van der Waals surface area contributed by atoms with Crippen LogP contribution in [0.1, 0.15) is 37.8 Å². The van der Waals surface area contributed by atoms with E-state index in [4.69, 9.17) is 26.1 Å². The van der Waals surface area contributed by atoms with Crippen LogP contribution < -0.4 is 0 Å². The number of hydrogen-bond acceptors (Lipinski definition) is 9. The maximum absolute atomic E-state index is 14.3. The van der Waals surface area contributed by atoms with Gasteiger partial charge in [0.25, 0.3) is 0 Å². The van der Waals surface area contributed by atoms with Crippen molar-refractivity contribution < 1.29 is 28.6 Å². The normalized spacial score (nSPS) is 29.1. The van der Waals surface area contributed by atoms with Crippen LogP contribution >= 0.6 is 23.4 Å². The van der Waals surface area contributed by atoms with Gasteiger partial charge in [-0.15, -0.1) is 0 Å². The largest absolute Gasteiger partial charge is 0.481 e. The Labute approximate surface area is 229 Å². The summed E-state index contributed by atoms with van der Waals surface area (Å²) < 4.78 is 25.4. The number of carboxylic acid groups (broad SMARTS) is 1. The zero-order valence-corrected chi connectivity index (χ0v) is 22.5. The van der Waals surface area contributed by atoms with Crippen LogP contribution in [0.2, 0.25) is 5.02 Å². The summed E-state index contributed by atoms with van der Waals surface area (Å²) in [5, 5.41) is 9.07. The zero-order chi connectivity index (χ0) is 26.8. The molecule has 0 amide bonds. The van der Waals surface area contributed by atoms with Crippen molar-refractivity contribution in [3.63, 3.8) is 0 Å². The molecule has 0 spiro atoms. The molecule has 12 heteroatoms. The molecule has 0 aromatic heterocycles. The van der Waals surface area contributed by atoms with Crippen molar-refractivity contribution in [1.29, 1.82) is 0 Å². The van der Waals surface area contributed by atoms with E-state index in [0.717, 1.165) is 18.5 Å². The van der Waals surface area contributed by atoms with E-state index >= 15 is 0 Å². The monoisotopic (exact) mass is 564 g/mol. The predicted octanol–water partition coefficient (Wildman–Crippen LogP) is 3.74. The van der Waals surface area contributed by atoms with E-state index in [0.29, 0.717) is 37.0 Å². The molecule has 4 aliphatic heterocycles. The first-order chi connectivity index (χ1) is 18.4. The number of ether oxygens (including phenoxy) is 2. The summed E-state index contributed by atoms with van der Waals surface area (Å²) in [5.41, 5.74) is 1.40. The average molecular weight is 565 g/mol. The number of fused-ring (bicyclic) bond motifs is 2. The van der Waals surface area contributed by atoms with E-state index in [9.17, 15) is 19.1 Å². The van der Waals surface area contributed by atoms with Gasteiger partial charge in [0, 0.05) is 30.7 Å². The lowest BCUT2D eigenvalue weighted by Gasteiger charge is -2.49. The first-order valence-corrected chi connectivity index (χ1v) is 14.0. The third-order valence-corrected chi connectivity index (χ3v) is 8.93. The second-order valence-electron chi connectivity index (χ2n) is 9.79. The van der Waals surface area contributed by atoms with E-state index in [1.165, 1.54) is 17.8 Å². The van der Waals surface area contributed by atoms with Crippen LogP contribution in [-0.2, 0) is 19.1 Å². The Morgan fingerprint density at radius 1 is 1.29 bits per heavy atom. The number of halogens is 2. The molecule has 4 aliphatic rings. The van der Waals surface area contributed by atoms with Gasteiger partial charge in [0.15, 0.2) is 5.17 Å². The first-order valence-electron chi connectivity index (χ1n) is 12.7. The molecule has 1 N–H and O–H groups in total. The minimum Gasteiger partial charge on any atom is -0.481 e. The number of rotatable bonds is 7. The van der Waals surface area contributed by atoms with Crippen molar-refractivity contribution >= 4 is 46.8 Å². The lowest BCUT2D eigenvalue weighted by molar-refractivity contribution is -0.143. The third-order valence-electron chi connectivity index (χ3n) is 7.31. The number of benzene rings is 1. The van der Waals surface area contributed by atoms with Crippen molar-refractivity contribution in [3.05, 3.63) is 46.4 Å². The molecule has 1 unspecified atom stereocenters. The molecule has 1 aromatic rings. The van der Waals surface area contributed by atoms with Crippen molar-refractivity contribution in [3.8, 4) is 0 Å². The van der Waals surface area contributed by atoms with Crippen LogP contribution in [0.15, 0.2) is 40.0 Å². The molecule has 9 nitrogen and oxygen atoms in total. The van der Waals surface area contributed by atoms with Crippen molar-refractivity contribution in [2.75, 3.05) is 32.9 Å². The summed E-state index contributed by atoms with van der Waals surface area (Å²) in [6.45, 7) is 4.21. The highest BCUT2D eigenvalue weighted by Gasteiger charge is 2.43. The first kappa shape index (κ1) is 27.1. The molecule has 5 atom stereocenters. The van der Waals surface area contributed by atoms with Crippen molar-refractivity contribution in [2.24, 2.45) is 15.9 Å². The van der Waals surface area contributed by atoms with Gasteiger partial charge in [-0.3, -0.25) is 29.4 Å². The van der Waals surface area contributed by atoms with Gasteiger partial charge in [0.2, 0.25) is 0 Å². The summed E-state index contributed by atoms with van der Waals surface area (Å²) in [4.78, 5) is 37.8. The Hall–Kier alpha value is -2.47. The number of carbonyl (C=O) groups excluding carboxylic acids is 1. The van der Waals surface area contributed by atoms with E-state index in [1.54, 1.807) is 25.4 Å². The smallest absolute Gasteiger partial charge is 0.322 e. The Bertz CT molecular complexity index is 1170. The Kier molecular flexibility index (Phi) is 8.37. The number of hydrogen-bond donors (Lipinski definition) is 1. The number of morpholine rings is 1. The fourth-order valence-corrected chi connectivity index (χ4v) is 7.05. The highest BCUT2D eigenvalue weighted by atomic mass is 35.5. The molecule has 4 heterocycles. The average Bonchev–Trinajstić information content (AvgIpc) is 3.31. The van der Waals surface area contributed by atoms with E-state index in [2.05, 4.69) is 9.89 Å². The van der Waals surface area contributed by atoms with Gasteiger partial charge in [-0.2, -0.15) is 0 Å². The molecule has 1 aromatic carbocycles. The molecule has 0 radical (unpaired) electrons. The quantitative estimate of drug-likeness (QED) is 0.500. The Morgan fingerprint density at radius 3 is 2.76 bits per heavy atom. The maximum Gasteiger partial charge on any atom is 0.322 e. The molecule has 204 valence electrons. The molecule has 2 saturated heterocycles. The summed E-state index contributed by atoms with van der Waals surface area (Å²) >= 11 is 7.55. The molecular weight excluding hydrogens is 535 g/mol. The number of aliphatic carboxylic acids is 1. The summed E-state index contributed by atoms with van der Waals surface area (Å²) in [5.74, 6) is -1.63. The number of esters is 1. The number of nitrogens with zero attached hydrogens (tertiary/aromatic N) is 4. The van der Waals surface area contributed by atoms with Crippen LogP contribution in [0.3, 0.4) is 0 Å². The molecule has 2 bridgehead atoms. The van der Waals surface area contributed by atoms with E-state index in [-0.39, 0.29) is 36.1 Å². The van der Waals surface area contributed by atoms with E-state index in [1.807, 2.05) is 11.0 Å². The number of carboxylic acids is 1. The van der Waals surface area contributed by atoms with Gasteiger partial charge < -0.3 is 14.6 Å². The fraction of sp³-hybridized carbons (Fsp3) is 0.538. The standard InChI is InChI=1S/C26H30ClFN4O5S/c1-2-37-25(35)24-23(19-4-3-5-20(28)22(19)27)30-26(38-24)32-14-29-7-6-16(32)11-31-17-8-15(10-21(33)34)9-18(31)13-36-12-17/h3-6,14-15,17-18,23-24H,2,7-13H2,1H3,(H,33,34)/t15?,17-,18+,23-,24-/m1/s1. The number of piperidine rings is 1. The molecule has 0 saturated carbocycles. The summed E-state index contributed by atoms with van der Waals surface area (Å²) in [7, 11) is 0. The van der Waals surface area contributed by atoms with Crippen molar-refractivity contribution in [1.82, 2.24) is 9.80 Å². The van der Waals surface area contributed by atoms with Crippen LogP contribution in [0.25, 0.3) is 0 Å². The predicted molar refractivity (Wildman–Crippen MR) is 143 cm³/mol. The topological polar surface area (TPSA) is 104 Å². The SMILES string of the molecule is CCOC(=O)[C@@H]1SC(N2C=NCC=C2CN2[C@@H]3COC[C@H]2CC(CC(=O)O)C3)=N[C@@H]1c1cccc(F)c1Cl. The second-order valence-corrected chi connectivity index (χ2v) is 11.3. The highest BCUT2D eigenvalue weighted by Crippen LogP contribution is 2.43. The fourth-order valence-electron chi connectivity index (χ4n) is 5.63. The highest BCUT2D eigenvalue weighted by molar-refractivity contribution is 8.15. The molecule has 0 aliphatic carbocycles. The van der Waals surface area contributed by atoms with Crippen LogP contribution in [0.4, 0.5) is 4.39 Å². The van der Waals surface area contributed by atoms with Gasteiger partial charge in [0.1, 0.15) is 17.1 Å². The van der Waals surface area contributed by atoms with Crippen LogP contribution in [0, 0.1) is 11.7 Å². The van der Waals surface area contributed by atoms with Gasteiger partial charge in [-0.1, -0.05) is 35.5 Å². The minimum atomic E-state index is -0.764. The van der Waals surface area contributed by atoms with Gasteiger partial charge >= 0.3 is 11.9 Å². The Morgan fingerprint density at radius 2 is 2.05 bits per heavy atom. The number of amidine groups is 1. The van der Waals surface area contributed by atoms with Gasteiger partial charge in [0.05, 0.1) is 37.7 Å². The summed E-state index contributed by atoms with van der Waals surface area (Å²) in [6, 6.07) is 4.04. The third kappa shape index (κ3) is 5.61. The maximum atomic E-state index is 14.3. The lowest BCUT2D eigenvalue weighted by atomic mass is 9.83. The minimum absolute atomic E-state index is 0.0578. The Balaban J connectivity index is 1.39. The molecular formula is C26H30ClFN4O5S. The number of aliphatic imine (C=N–C) groups is 2. The lowest BCUT2D eigenvalue weighted by Crippen LogP contribution is -2.58. The van der Waals surface area contributed by atoms with Crippen LogP contribution in [-0.4, -0.2) is 88.6 Å². The molecule has 38 heavy (non-hydrogen) atoms. The van der Waals surface area contributed by atoms with Gasteiger partial charge in [-0.05, 0) is 43.4 Å². The number of thioether (sulfide) groups is 1. The summed E-state index contributed by atoms with van der Waals surface area (Å²) in [6.07, 6.45) is 5.46. The van der Waals surface area contributed by atoms with Gasteiger partial charge in [-0.25, -0.2) is 4.39 Å². The molecule has 5 rings (SSSR count). The number of carbonyl (C=O) groups is 2. The van der Waals surface area contributed by atoms with Crippen LogP contribution in [0.5, 0.6) is 0 Å². The zero-order valence-electron chi connectivity index (χ0n) is 21.0.